The van der Waals surface area contributed by atoms with Crippen molar-refractivity contribution in [3.63, 3.8) is 0 Å². The number of thioether (sulfide) groups is 1. The monoisotopic (exact) mass is 374 g/mol. The standard InChI is InChI=1S/C20H26N2O3S/c1-6-14-9-7-8-13(2)19(14)21-16(24)11-22-17(25)12-26-18(22)10-15(23)20(3,4)5/h7-10H,6,11-12H2,1-5H3,(H,21,24)/b18-10-. The van der Waals surface area contributed by atoms with E-state index >= 15 is 0 Å². The number of hydrogen-bond donors (Lipinski definition) is 1. The molecule has 140 valence electrons. The molecule has 5 nitrogen and oxygen atoms in total. The van der Waals surface area contributed by atoms with Gasteiger partial charge in [-0.05, 0) is 24.5 Å². The van der Waals surface area contributed by atoms with E-state index < -0.39 is 5.41 Å². The molecule has 0 radical (unpaired) electrons. The largest absolute Gasteiger partial charge is 0.324 e. The first-order valence-electron chi connectivity index (χ1n) is 8.71. The van der Waals surface area contributed by atoms with E-state index in [1.165, 1.54) is 22.7 Å². The minimum absolute atomic E-state index is 0.0627. The second-order valence-electron chi connectivity index (χ2n) is 7.38. The second kappa shape index (κ2) is 8.08. The fraction of sp³-hybridized carbons (Fsp3) is 0.450. The van der Waals surface area contributed by atoms with Crippen LogP contribution in [0, 0.1) is 12.3 Å². The van der Waals surface area contributed by atoms with E-state index in [9.17, 15) is 14.4 Å². The molecule has 1 aliphatic heterocycles. The number of ketones is 1. The van der Waals surface area contributed by atoms with Crippen molar-refractivity contribution in [2.45, 2.75) is 41.0 Å². The molecular formula is C20H26N2O3S. The number of anilines is 1. The summed E-state index contributed by atoms with van der Waals surface area (Å²) in [6.45, 7) is 9.37. The lowest BCUT2D eigenvalue weighted by molar-refractivity contribution is -0.129. The van der Waals surface area contributed by atoms with Gasteiger partial charge in [0, 0.05) is 17.2 Å². The minimum Gasteiger partial charge on any atom is -0.324 e. The molecule has 1 saturated heterocycles. The van der Waals surface area contributed by atoms with E-state index in [0.717, 1.165) is 23.2 Å². The highest BCUT2D eigenvalue weighted by molar-refractivity contribution is 8.04. The lowest BCUT2D eigenvalue weighted by Crippen LogP contribution is -2.34. The summed E-state index contributed by atoms with van der Waals surface area (Å²) in [5, 5.41) is 3.47. The van der Waals surface area contributed by atoms with Gasteiger partial charge in [-0.3, -0.25) is 19.3 Å². The van der Waals surface area contributed by atoms with Crippen LogP contribution >= 0.6 is 11.8 Å². The Hall–Kier alpha value is -2.08. The maximum Gasteiger partial charge on any atom is 0.244 e. The molecule has 1 aromatic carbocycles. The molecule has 0 saturated carbocycles. The van der Waals surface area contributed by atoms with Gasteiger partial charge in [0.2, 0.25) is 11.8 Å². The average Bonchev–Trinajstić information content (AvgIpc) is 2.89. The first kappa shape index (κ1) is 20.2. The average molecular weight is 375 g/mol. The van der Waals surface area contributed by atoms with Crippen LogP contribution in [-0.4, -0.2) is 34.8 Å². The zero-order valence-corrected chi connectivity index (χ0v) is 16.8. The Morgan fingerprint density at radius 1 is 1.31 bits per heavy atom. The van der Waals surface area contributed by atoms with Crippen molar-refractivity contribution in [3.8, 4) is 0 Å². The molecule has 2 amide bonds. The van der Waals surface area contributed by atoms with Crippen LogP contribution in [-0.2, 0) is 20.8 Å². The number of para-hydroxylation sites is 1. The molecule has 1 aliphatic rings. The third kappa shape index (κ3) is 4.75. The summed E-state index contributed by atoms with van der Waals surface area (Å²) in [5.41, 5.74) is 2.32. The summed E-state index contributed by atoms with van der Waals surface area (Å²) in [7, 11) is 0. The third-order valence-electron chi connectivity index (χ3n) is 4.21. The Morgan fingerprint density at radius 2 is 2.00 bits per heavy atom. The molecule has 1 heterocycles. The first-order chi connectivity index (χ1) is 12.1. The molecule has 6 heteroatoms. The molecular weight excluding hydrogens is 348 g/mol. The van der Waals surface area contributed by atoms with Crippen LogP contribution in [0.5, 0.6) is 0 Å². The number of aryl methyl sites for hydroxylation is 2. The zero-order valence-electron chi connectivity index (χ0n) is 16.0. The number of hydrogen-bond acceptors (Lipinski definition) is 4. The number of nitrogens with zero attached hydrogens (tertiary/aromatic N) is 1. The van der Waals surface area contributed by atoms with Crippen LogP contribution in [0.1, 0.15) is 38.8 Å². The van der Waals surface area contributed by atoms with Crippen LogP contribution in [0.4, 0.5) is 5.69 Å². The molecule has 1 N–H and O–H groups in total. The number of carbonyl (C=O) groups excluding carboxylic acids is 3. The molecule has 2 rings (SSSR count). The number of rotatable bonds is 5. The quantitative estimate of drug-likeness (QED) is 0.801. The molecule has 0 aromatic heterocycles. The first-order valence-corrected chi connectivity index (χ1v) is 9.69. The van der Waals surface area contributed by atoms with Gasteiger partial charge in [0.25, 0.3) is 0 Å². The van der Waals surface area contributed by atoms with Crippen LogP contribution in [0.2, 0.25) is 0 Å². The molecule has 0 spiro atoms. The van der Waals surface area contributed by atoms with Gasteiger partial charge in [-0.25, -0.2) is 0 Å². The number of carbonyl (C=O) groups is 3. The topological polar surface area (TPSA) is 66.5 Å². The van der Waals surface area contributed by atoms with Crippen molar-refractivity contribution in [1.29, 1.82) is 0 Å². The molecule has 1 fully saturated rings. The highest BCUT2D eigenvalue weighted by Crippen LogP contribution is 2.30. The smallest absolute Gasteiger partial charge is 0.244 e. The summed E-state index contributed by atoms with van der Waals surface area (Å²) >= 11 is 1.30. The SMILES string of the molecule is CCc1cccc(C)c1NC(=O)CN1C(=O)CS/C1=C\C(=O)C(C)(C)C. The van der Waals surface area contributed by atoms with Gasteiger partial charge in [0.05, 0.1) is 10.8 Å². The van der Waals surface area contributed by atoms with E-state index in [4.69, 9.17) is 0 Å². The van der Waals surface area contributed by atoms with Crippen LogP contribution in [0.15, 0.2) is 29.3 Å². The van der Waals surface area contributed by atoms with Crippen LogP contribution in [0.3, 0.4) is 0 Å². The molecule has 26 heavy (non-hydrogen) atoms. The van der Waals surface area contributed by atoms with Gasteiger partial charge in [0.1, 0.15) is 6.54 Å². The highest BCUT2D eigenvalue weighted by Gasteiger charge is 2.31. The van der Waals surface area contributed by atoms with Crippen molar-refractivity contribution in [3.05, 3.63) is 40.4 Å². The lowest BCUT2D eigenvalue weighted by Gasteiger charge is -2.20. The number of amides is 2. The van der Waals surface area contributed by atoms with Gasteiger partial charge < -0.3 is 5.32 Å². The fourth-order valence-corrected chi connectivity index (χ4v) is 3.49. The van der Waals surface area contributed by atoms with Gasteiger partial charge in [-0.1, -0.05) is 57.7 Å². The lowest BCUT2D eigenvalue weighted by atomic mass is 9.91. The predicted octanol–water partition coefficient (Wildman–Crippen LogP) is 3.53. The van der Waals surface area contributed by atoms with Crippen molar-refractivity contribution < 1.29 is 14.4 Å². The molecule has 0 unspecified atom stereocenters. The summed E-state index contributed by atoms with van der Waals surface area (Å²) in [6.07, 6.45) is 2.29. The number of benzene rings is 1. The van der Waals surface area contributed by atoms with E-state index in [-0.39, 0.29) is 29.9 Å². The Balaban J connectivity index is 2.16. The Morgan fingerprint density at radius 3 is 2.62 bits per heavy atom. The molecule has 1 aromatic rings. The van der Waals surface area contributed by atoms with Gasteiger partial charge in [0.15, 0.2) is 5.78 Å². The second-order valence-corrected chi connectivity index (χ2v) is 8.37. The molecule has 0 aliphatic carbocycles. The van der Waals surface area contributed by atoms with Crippen molar-refractivity contribution in [2.75, 3.05) is 17.6 Å². The minimum atomic E-state index is -0.524. The predicted molar refractivity (Wildman–Crippen MR) is 106 cm³/mol. The maximum absolute atomic E-state index is 12.5. The van der Waals surface area contributed by atoms with Gasteiger partial charge in [-0.15, -0.1) is 0 Å². The number of allylic oxidation sites excluding steroid dienone is 1. The Labute approximate surface area is 159 Å². The zero-order chi connectivity index (χ0) is 19.5. The molecule has 0 bridgehead atoms. The third-order valence-corrected chi connectivity index (χ3v) is 5.24. The summed E-state index contributed by atoms with van der Waals surface area (Å²) in [5.74, 6) is -0.231. The molecule has 0 atom stereocenters. The highest BCUT2D eigenvalue weighted by atomic mass is 32.2. The van der Waals surface area contributed by atoms with E-state index in [1.807, 2.05) is 52.8 Å². The van der Waals surface area contributed by atoms with E-state index in [1.54, 1.807) is 0 Å². The van der Waals surface area contributed by atoms with Crippen molar-refractivity contribution in [2.24, 2.45) is 5.41 Å². The van der Waals surface area contributed by atoms with E-state index in [2.05, 4.69) is 5.32 Å². The summed E-state index contributed by atoms with van der Waals surface area (Å²) < 4.78 is 0. The van der Waals surface area contributed by atoms with Crippen molar-refractivity contribution >= 4 is 35.0 Å². The fourth-order valence-electron chi connectivity index (χ4n) is 2.55. The van der Waals surface area contributed by atoms with E-state index in [0.29, 0.717) is 5.03 Å². The van der Waals surface area contributed by atoms with Gasteiger partial charge in [-0.2, -0.15) is 0 Å². The van der Waals surface area contributed by atoms with Crippen molar-refractivity contribution in [1.82, 2.24) is 4.90 Å². The van der Waals surface area contributed by atoms with Gasteiger partial charge >= 0.3 is 0 Å². The number of nitrogens with one attached hydrogen (secondary N) is 1. The van der Waals surface area contributed by atoms with Crippen LogP contribution in [0.25, 0.3) is 0 Å². The maximum atomic E-state index is 12.5. The van der Waals surface area contributed by atoms with Crippen LogP contribution < -0.4 is 5.32 Å². The Kier molecular flexibility index (Phi) is 6.29. The Bertz CT molecular complexity index is 763. The normalized spacial score (nSPS) is 16.3. The summed E-state index contributed by atoms with van der Waals surface area (Å²) in [4.78, 5) is 38.3. The summed E-state index contributed by atoms with van der Waals surface area (Å²) in [6, 6.07) is 5.88.